The summed E-state index contributed by atoms with van der Waals surface area (Å²) >= 11 is 3.25. The fraction of sp³-hybridized carbons (Fsp3) is 0.364. The Hall–Kier alpha value is -0.940. The lowest BCUT2D eigenvalue weighted by Gasteiger charge is -2.24. The lowest BCUT2D eigenvalue weighted by Crippen LogP contribution is -2.23. The van der Waals surface area contributed by atoms with Crippen molar-refractivity contribution in [2.45, 2.75) is 12.5 Å². The minimum atomic E-state index is -0.880. The average molecular weight is 290 g/mol. The first kappa shape index (κ1) is 13.1. The molecule has 1 rings (SSSR count). The first-order valence-electron chi connectivity index (χ1n) is 4.75. The molecular weight excluding hydrogens is 277 g/mol. The zero-order valence-corrected chi connectivity index (χ0v) is 10.7. The summed E-state index contributed by atoms with van der Waals surface area (Å²) in [5, 5.41) is 8.82. The molecule has 0 bridgehead atoms. The van der Waals surface area contributed by atoms with Gasteiger partial charge >= 0.3 is 5.97 Å². The molecule has 0 amide bonds. The summed E-state index contributed by atoms with van der Waals surface area (Å²) in [4.78, 5) is 12.5. The average Bonchev–Trinajstić information content (AvgIpc) is 2.14. The van der Waals surface area contributed by atoms with Gasteiger partial charge < -0.3 is 10.0 Å². The van der Waals surface area contributed by atoms with E-state index < -0.39 is 5.97 Å². The lowest BCUT2D eigenvalue weighted by atomic mass is 10.0. The monoisotopic (exact) mass is 289 g/mol. The molecule has 1 N–H and O–H groups in total. The molecule has 0 aliphatic carbocycles. The SMILES string of the molecule is CN(C)C(CC(=O)O)c1ccc(F)cc1Br. The zero-order chi connectivity index (χ0) is 12.3. The molecule has 0 saturated heterocycles. The number of aliphatic carboxylic acids is 1. The number of benzene rings is 1. The van der Waals surface area contributed by atoms with Gasteiger partial charge in [0, 0.05) is 10.5 Å². The van der Waals surface area contributed by atoms with Crippen molar-refractivity contribution >= 4 is 21.9 Å². The summed E-state index contributed by atoms with van der Waals surface area (Å²) in [6.07, 6.45) is -0.0166. The van der Waals surface area contributed by atoms with E-state index in [4.69, 9.17) is 5.11 Å². The molecule has 1 unspecified atom stereocenters. The van der Waals surface area contributed by atoms with Crippen LogP contribution in [0.4, 0.5) is 4.39 Å². The minimum absolute atomic E-state index is 0.0166. The van der Waals surface area contributed by atoms with E-state index in [9.17, 15) is 9.18 Å². The minimum Gasteiger partial charge on any atom is -0.481 e. The van der Waals surface area contributed by atoms with Gasteiger partial charge in [-0.25, -0.2) is 4.39 Å². The summed E-state index contributed by atoms with van der Waals surface area (Å²) in [5.74, 6) is -1.22. The van der Waals surface area contributed by atoms with E-state index in [-0.39, 0.29) is 18.3 Å². The van der Waals surface area contributed by atoms with Crippen LogP contribution in [0.3, 0.4) is 0 Å². The third-order valence-corrected chi connectivity index (χ3v) is 3.00. The second-order valence-electron chi connectivity index (χ2n) is 3.74. The maximum Gasteiger partial charge on any atom is 0.305 e. The van der Waals surface area contributed by atoms with E-state index in [1.807, 2.05) is 0 Å². The van der Waals surface area contributed by atoms with Gasteiger partial charge in [-0.05, 0) is 31.8 Å². The molecule has 0 radical (unpaired) electrons. The zero-order valence-electron chi connectivity index (χ0n) is 9.08. The van der Waals surface area contributed by atoms with Gasteiger partial charge in [-0.15, -0.1) is 0 Å². The fourth-order valence-corrected chi connectivity index (χ4v) is 2.12. The number of carboxylic acids is 1. The number of nitrogens with zero attached hydrogens (tertiary/aromatic N) is 1. The van der Waals surface area contributed by atoms with Crippen molar-refractivity contribution in [3.8, 4) is 0 Å². The highest BCUT2D eigenvalue weighted by Gasteiger charge is 2.20. The van der Waals surface area contributed by atoms with Crippen molar-refractivity contribution in [2.75, 3.05) is 14.1 Å². The molecule has 1 aromatic carbocycles. The smallest absolute Gasteiger partial charge is 0.305 e. The van der Waals surface area contributed by atoms with Gasteiger partial charge in [0.05, 0.1) is 6.42 Å². The molecule has 0 spiro atoms. The maximum atomic E-state index is 12.9. The quantitative estimate of drug-likeness (QED) is 0.926. The standard InChI is InChI=1S/C11H13BrFNO2/c1-14(2)10(6-11(15)16)8-4-3-7(13)5-9(8)12/h3-5,10H,6H2,1-2H3,(H,15,16). The van der Waals surface area contributed by atoms with Crippen LogP contribution in [-0.4, -0.2) is 30.1 Å². The topological polar surface area (TPSA) is 40.5 Å². The Bertz CT molecular complexity index is 396. The Labute approximate surface area is 102 Å². The largest absolute Gasteiger partial charge is 0.481 e. The Balaban J connectivity index is 3.05. The highest BCUT2D eigenvalue weighted by molar-refractivity contribution is 9.10. The summed E-state index contributed by atoms with van der Waals surface area (Å²) in [5.41, 5.74) is 0.772. The van der Waals surface area contributed by atoms with Crippen molar-refractivity contribution in [1.82, 2.24) is 4.90 Å². The third kappa shape index (κ3) is 3.28. The van der Waals surface area contributed by atoms with Gasteiger partial charge in [0.25, 0.3) is 0 Å². The molecule has 3 nitrogen and oxygen atoms in total. The first-order chi connectivity index (χ1) is 7.41. The normalized spacial score (nSPS) is 12.8. The van der Waals surface area contributed by atoms with E-state index in [1.54, 1.807) is 25.1 Å². The molecule has 0 heterocycles. The second kappa shape index (κ2) is 5.41. The van der Waals surface area contributed by atoms with Crippen LogP contribution in [0.25, 0.3) is 0 Å². The van der Waals surface area contributed by atoms with Crippen LogP contribution in [-0.2, 0) is 4.79 Å². The van der Waals surface area contributed by atoms with Gasteiger partial charge in [-0.2, -0.15) is 0 Å². The van der Waals surface area contributed by atoms with Crippen molar-refractivity contribution < 1.29 is 14.3 Å². The van der Waals surface area contributed by atoms with Crippen LogP contribution in [0.1, 0.15) is 18.0 Å². The van der Waals surface area contributed by atoms with Crippen molar-refractivity contribution in [3.05, 3.63) is 34.1 Å². The second-order valence-corrected chi connectivity index (χ2v) is 4.60. The Kier molecular flexibility index (Phi) is 4.44. The summed E-state index contributed by atoms with van der Waals surface area (Å²) in [6.45, 7) is 0. The Morgan fingerprint density at radius 1 is 1.56 bits per heavy atom. The predicted octanol–water partition coefficient (Wildman–Crippen LogP) is 2.67. The van der Waals surface area contributed by atoms with Crippen molar-refractivity contribution in [2.24, 2.45) is 0 Å². The number of hydrogen-bond donors (Lipinski definition) is 1. The van der Waals surface area contributed by atoms with Gasteiger partial charge in [0.1, 0.15) is 5.82 Å². The molecule has 0 aliphatic rings. The number of hydrogen-bond acceptors (Lipinski definition) is 2. The first-order valence-corrected chi connectivity index (χ1v) is 5.54. The highest BCUT2D eigenvalue weighted by Crippen LogP contribution is 2.29. The van der Waals surface area contributed by atoms with Crippen LogP contribution >= 0.6 is 15.9 Å². The number of carbonyl (C=O) groups is 1. The van der Waals surface area contributed by atoms with Crippen LogP contribution in [0.5, 0.6) is 0 Å². The number of carboxylic acid groups (broad SMARTS) is 1. The molecule has 0 aromatic heterocycles. The van der Waals surface area contributed by atoms with E-state index in [2.05, 4.69) is 15.9 Å². The molecule has 0 aliphatic heterocycles. The Morgan fingerprint density at radius 3 is 2.62 bits per heavy atom. The van der Waals surface area contributed by atoms with Crippen molar-refractivity contribution in [3.63, 3.8) is 0 Å². The summed E-state index contributed by atoms with van der Waals surface area (Å²) in [7, 11) is 3.59. The highest BCUT2D eigenvalue weighted by atomic mass is 79.9. The maximum absolute atomic E-state index is 12.9. The third-order valence-electron chi connectivity index (χ3n) is 2.31. The molecule has 1 atom stereocenters. The van der Waals surface area contributed by atoms with E-state index in [0.717, 1.165) is 5.56 Å². The van der Waals surface area contributed by atoms with Gasteiger partial charge in [-0.1, -0.05) is 22.0 Å². The summed E-state index contributed by atoms with van der Waals surface area (Å²) < 4.78 is 13.5. The molecule has 1 aromatic rings. The van der Waals surface area contributed by atoms with Crippen LogP contribution < -0.4 is 0 Å². The van der Waals surface area contributed by atoms with Gasteiger partial charge in [0.15, 0.2) is 0 Å². The molecule has 16 heavy (non-hydrogen) atoms. The van der Waals surface area contributed by atoms with Crippen LogP contribution in [0.2, 0.25) is 0 Å². The van der Waals surface area contributed by atoms with Crippen LogP contribution in [0.15, 0.2) is 22.7 Å². The van der Waals surface area contributed by atoms with E-state index >= 15 is 0 Å². The fourth-order valence-electron chi connectivity index (χ4n) is 1.51. The van der Waals surface area contributed by atoms with Gasteiger partial charge in [0.2, 0.25) is 0 Å². The summed E-state index contributed by atoms with van der Waals surface area (Å²) in [6, 6.07) is 4.01. The van der Waals surface area contributed by atoms with E-state index in [0.29, 0.717) is 4.47 Å². The van der Waals surface area contributed by atoms with Gasteiger partial charge in [-0.3, -0.25) is 4.79 Å². The number of rotatable bonds is 4. The molecular formula is C11H13BrFNO2. The van der Waals surface area contributed by atoms with E-state index in [1.165, 1.54) is 12.1 Å². The van der Waals surface area contributed by atoms with Crippen LogP contribution in [0, 0.1) is 5.82 Å². The molecule has 0 fully saturated rings. The molecule has 88 valence electrons. The van der Waals surface area contributed by atoms with Crippen molar-refractivity contribution in [1.29, 1.82) is 0 Å². The molecule has 0 saturated carbocycles. The Morgan fingerprint density at radius 2 is 2.19 bits per heavy atom. The predicted molar refractivity (Wildman–Crippen MR) is 62.8 cm³/mol. The lowest BCUT2D eigenvalue weighted by molar-refractivity contribution is -0.138. The number of halogens is 2. The molecule has 5 heteroatoms.